The van der Waals surface area contributed by atoms with Crippen LogP contribution in [0.1, 0.15) is 1.37 Å². The third-order valence-corrected chi connectivity index (χ3v) is 7.33. The first kappa shape index (κ1) is 17.7. The fourth-order valence-electron chi connectivity index (χ4n) is 5.92. The molecule has 0 fully saturated rings. The fraction of sp³-hybridized carbons (Fsp3) is 0. The van der Waals surface area contributed by atoms with Crippen LogP contribution in [0.4, 0.5) is 0 Å². The van der Waals surface area contributed by atoms with Gasteiger partial charge in [0.25, 0.3) is 0 Å². The average molecular weight is 446 g/mol. The lowest BCUT2D eigenvalue weighted by Gasteiger charge is -2.18. The van der Waals surface area contributed by atoms with Gasteiger partial charge in [0, 0.05) is 10.8 Å². The summed E-state index contributed by atoms with van der Waals surface area (Å²) < 4.78 is 10.6. The van der Waals surface area contributed by atoms with Gasteiger partial charge in [-0.1, -0.05) is 103 Å². The van der Waals surface area contributed by atoms with Crippen LogP contribution >= 0.6 is 0 Å². The molecule has 0 aliphatic heterocycles. The zero-order chi connectivity index (χ0) is 23.8. The van der Waals surface area contributed by atoms with Gasteiger partial charge in [-0.2, -0.15) is 0 Å². The zero-order valence-corrected chi connectivity index (χ0v) is 18.9. The van der Waals surface area contributed by atoms with Crippen LogP contribution in [-0.4, -0.2) is 9.38 Å². The molecule has 0 saturated carbocycles. The van der Waals surface area contributed by atoms with Crippen LogP contribution in [0.2, 0.25) is 0 Å². The van der Waals surface area contributed by atoms with Gasteiger partial charge >= 0.3 is 0 Å². The van der Waals surface area contributed by atoms with E-state index in [-0.39, 0.29) is 6.30 Å². The smallest absolute Gasteiger partial charge is 0.105 e. The summed E-state index contributed by atoms with van der Waals surface area (Å²) in [5, 5.41) is 7.26. The highest BCUT2D eigenvalue weighted by molar-refractivity contribution is 6.27. The molecule has 0 unspecified atom stereocenters. The Morgan fingerprint density at radius 3 is 1.80 bits per heavy atom. The number of aromatic nitrogens is 2. The Balaban J connectivity index is 1.62. The van der Waals surface area contributed by atoms with E-state index in [0.717, 1.165) is 27.3 Å². The van der Waals surface area contributed by atoms with Gasteiger partial charge in [0.1, 0.15) is 7.67 Å². The Hall–Kier alpha value is -4.69. The van der Waals surface area contributed by atoms with Crippen LogP contribution in [0, 0.1) is 0 Å². The van der Waals surface area contributed by atoms with Crippen molar-refractivity contribution in [2.24, 2.45) is 0 Å². The van der Waals surface area contributed by atoms with E-state index < -0.39 is 0 Å². The van der Waals surface area contributed by atoms with E-state index in [9.17, 15) is 0 Å². The fourth-order valence-corrected chi connectivity index (χ4v) is 5.92. The van der Waals surface area contributed by atoms with Crippen molar-refractivity contribution in [3.05, 3.63) is 122 Å². The van der Waals surface area contributed by atoms with E-state index in [1.54, 1.807) is 0 Å². The molecule has 2 heterocycles. The third kappa shape index (κ3) is 2.46. The Bertz CT molecular complexity index is 2050. The molecule has 35 heavy (non-hydrogen) atoms. The summed E-state index contributed by atoms with van der Waals surface area (Å²) in [7, 11) is 0. The molecular formula is C33H20N2. The van der Waals surface area contributed by atoms with Gasteiger partial charge in [-0.25, -0.2) is 4.98 Å². The maximum absolute atomic E-state index is 8.58. The Labute approximate surface area is 203 Å². The molecule has 0 spiro atoms. The highest BCUT2D eigenvalue weighted by Gasteiger charge is 2.21. The second-order valence-electron chi connectivity index (χ2n) is 9.13. The molecule has 8 aromatic rings. The molecule has 2 heteroatoms. The van der Waals surface area contributed by atoms with Gasteiger partial charge in [-0.05, 0) is 55.9 Å². The van der Waals surface area contributed by atoms with E-state index in [0.29, 0.717) is 0 Å². The highest BCUT2D eigenvalue weighted by Crippen LogP contribution is 2.47. The molecule has 0 aliphatic rings. The summed E-state index contributed by atoms with van der Waals surface area (Å²) in [6.07, 6.45) is 0.280. The second-order valence-corrected chi connectivity index (χ2v) is 9.13. The minimum Gasteiger partial charge on any atom is -0.298 e. The monoisotopic (exact) mass is 445 g/mol. The van der Waals surface area contributed by atoms with Gasteiger partial charge in [-0.3, -0.25) is 4.40 Å². The van der Waals surface area contributed by atoms with Crippen LogP contribution in [0.5, 0.6) is 0 Å². The lowest BCUT2D eigenvalue weighted by atomic mass is 9.85. The largest absolute Gasteiger partial charge is 0.298 e. The zero-order valence-electron chi connectivity index (χ0n) is 19.9. The average Bonchev–Trinajstić information content (AvgIpc) is 3.46. The number of benzene rings is 6. The lowest BCUT2D eigenvalue weighted by Crippen LogP contribution is -1.91. The summed E-state index contributed by atoms with van der Waals surface area (Å²) in [6.45, 7) is 0. The van der Waals surface area contributed by atoms with Gasteiger partial charge in [0.05, 0.1) is 16.6 Å². The Kier molecular flexibility index (Phi) is 3.50. The first-order chi connectivity index (χ1) is 17.8. The number of nitrogens with zero attached hydrogens (tertiary/aromatic N) is 2. The minimum absolute atomic E-state index is 0.280. The normalized spacial score (nSPS) is 12.4. The molecule has 0 N–H and O–H groups in total. The lowest BCUT2D eigenvalue weighted by molar-refractivity contribution is 1.23. The van der Waals surface area contributed by atoms with Crippen LogP contribution in [0.3, 0.4) is 0 Å². The molecule has 0 atom stereocenters. The van der Waals surface area contributed by atoms with Crippen LogP contribution in [0.25, 0.3) is 71.1 Å². The molecule has 162 valence electrons. The summed E-state index contributed by atoms with van der Waals surface area (Å²) >= 11 is 0. The van der Waals surface area contributed by atoms with Crippen molar-refractivity contribution in [1.82, 2.24) is 9.38 Å². The first-order valence-corrected chi connectivity index (χ1v) is 11.9. The van der Waals surface area contributed by atoms with Gasteiger partial charge in [-0.15, -0.1) is 0 Å². The number of hydrogen-bond donors (Lipinski definition) is 0. The molecule has 8 rings (SSSR count). The van der Waals surface area contributed by atoms with E-state index in [4.69, 9.17) is 1.37 Å². The van der Waals surface area contributed by atoms with Crippen LogP contribution < -0.4 is 0 Å². The van der Waals surface area contributed by atoms with Crippen molar-refractivity contribution < 1.29 is 1.37 Å². The predicted molar refractivity (Wildman–Crippen MR) is 147 cm³/mol. The first-order valence-electron chi connectivity index (χ1n) is 12.4. The van der Waals surface area contributed by atoms with E-state index in [1.165, 1.54) is 43.8 Å². The van der Waals surface area contributed by atoms with Crippen molar-refractivity contribution in [2.45, 2.75) is 0 Å². The van der Waals surface area contributed by atoms with Crippen molar-refractivity contribution in [3.8, 4) is 22.3 Å². The van der Waals surface area contributed by atoms with Crippen molar-refractivity contribution in [2.75, 3.05) is 0 Å². The highest BCUT2D eigenvalue weighted by atomic mass is 15.0. The van der Waals surface area contributed by atoms with Gasteiger partial charge < -0.3 is 0 Å². The van der Waals surface area contributed by atoms with E-state index >= 15 is 0 Å². The predicted octanol–water partition coefficient (Wildman–Crippen LogP) is 8.72. The maximum atomic E-state index is 8.58. The molecule has 2 aromatic heterocycles. The van der Waals surface area contributed by atoms with Crippen LogP contribution in [0.15, 0.2) is 122 Å². The van der Waals surface area contributed by atoms with Crippen molar-refractivity contribution in [1.29, 1.82) is 0 Å². The summed E-state index contributed by atoms with van der Waals surface area (Å²) in [6, 6.07) is 40.8. The third-order valence-electron chi connectivity index (χ3n) is 7.33. The molecule has 0 amide bonds. The van der Waals surface area contributed by atoms with Gasteiger partial charge in [0.15, 0.2) is 0 Å². The topological polar surface area (TPSA) is 17.3 Å². The molecule has 0 radical (unpaired) electrons. The number of fused-ring (bicyclic) bond motifs is 5. The van der Waals surface area contributed by atoms with Crippen molar-refractivity contribution >= 4 is 48.9 Å². The van der Waals surface area contributed by atoms with Crippen LogP contribution in [-0.2, 0) is 0 Å². The molecule has 0 bridgehead atoms. The minimum atomic E-state index is 0.280. The molecule has 0 aliphatic carbocycles. The van der Waals surface area contributed by atoms with E-state index in [2.05, 4.69) is 114 Å². The Morgan fingerprint density at radius 2 is 1.11 bits per heavy atom. The Morgan fingerprint density at radius 1 is 0.543 bits per heavy atom. The van der Waals surface area contributed by atoms with Crippen molar-refractivity contribution in [3.63, 3.8) is 0 Å². The summed E-state index contributed by atoms with van der Waals surface area (Å²) in [4.78, 5) is 4.57. The summed E-state index contributed by atoms with van der Waals surface area (Å²) in [5.74, 6) is 0. The number of hydrogen-bond acceptors (Lipinski definition) is 1. The second kappa shape index (κ2) is 6.91. The standard InChI is InChI=1S/C33H20N2/c1-2-10-21(11-3-1)30-22-12-4-6-14-24(22)31(25-15-7-5-13-23(25)30)27-18-19-28-33-32(27)26-16-8-9-17-29(26)35(33)20-34-28/h1-20H/i20D. The molecular weight excluding hydrogens is 424 g/mol. The number of imidazole rings is 1. The maximum Gasteiger partial charge on any atom is 0.105 e. The summed E-state index contributed by atoms with van der Waals surface area (Å²) in [5.41, 5.74) is 7.82. The quantitative estimate of drug-likeness (QED) is 0.243. The van der Waals surface area contributed by atoms with Gasteiger partial charge in [0.2, 0.25) is 0 Å². The molecule has 0 saturated heterocycles. The molecule has 6 aromatic carbocycles. The SMILES string of the molecule is [2H]c1nc2ccc(-c3c4ccccc4c(-c4ccccc4)c4ccccc34)c3c4ccccc4n1c23. The van der Waals surface area contributed by atoms with E-state index in [1.807, 2.05) is 10.5 Å². The number of para-hydroxylation sites is 1. The molecule has 2 nitrogen and oxygen atoms in total. The number of rotatable bonds is 2.